The third-order valence-corrected chi connectivity index (χ3v) is 5.26. The zero-order chi connectivity index (χ0) is 18.8. The molecular formula is C19H21ClN6O. The van der Waals surface area contributed by atoms with Crippen LogP contribution in [0, 0.1) is 0 Å². The van der Waals surface area contributed by atoms with Crippen LogP contribution in [-0.2, 0) is 6.42 Å². The minimum Gasteiger partial charge on any atom is -0.337 e. The third kappa shape index (κ3) is 3.60. The predicted octanol–water partition coefficient (Wildman–Crippen LogP) is 3.23. The van der Waals surface area contributed by atoms with Crippen molar-refractivity contribution in [2.24, 2.45) is 0 Å². The second-order valence-corrected chi connectivity index (χ2v) is 7.06. The fourth-order valence-corrected chi connectivity index (χ4v) is 3.59. The van der Waals surface area contributed by atoms with Gasteiger partial charge in [0.05, 0.1) is 10.7 Å². The molecule has 1 aliphatic rings. The van der Waals surface area contributed by atoms with Crippen LogP contribution in [0.2, 0.25) is 5.02 Å². The number of halogens is 1. The van der Waals surface area contributed by atoms with E-state index >= 15 is 0 Å². The van der Waals surface area contributed by atoms with Gasteiger partial charge >= 0.3 is 0 Å². The van der Waals surface area contributed by atoms with Gasteiger partial charge in [-0.05, 0) is 31.0 Å². The van der Waals surface area contributed by atoms with E-state index in [4.69, 9.17) is 11.6 Å². The molecule has 140 valence electrons. The number of H-pyrrole nitrogens is 1. The van der Waals surface area contributed by atoms with E-state index in [1.54, 1.807) is 23.0 Å². The Morgan fingerprint density at radius 1 is 1.26 bits per heavy atom. The molecule has 1 aromatic carbocycles. The molecule has 4 rings (SSSR count). The van der Waals surface area contributed by atoms with Gasteiger partial charge in [0.15, 0.2) is 11.5 Å². The lowest BCUT2D eigenvalue weighted by molar-refractivity contribution is 0.0704. The van der Waals surface area contributed by atoms with Gasteiger partial charge in [0.25, 0.3) is 5.91 Å². The summed E-state index contributed by atoms with van der Waals surface area (Å²) in [5, 5.41) is 12.3. The minimum absolute atomic E-state index is 0.0523. The summed E-state index contributed by atoms with van der Waals surface area (Å²) in [4.78, 5) is 19.2. The van der Waals surface area contributed by atoms with Crippen molar-refractivity contribution in [3.8, 4) is 5.69 Å². The summed E-state index contributed by atoms with van der Waals surface area (Å²) in [6.45, 7) is 3.41. The van der Waals surface area contributed by atoms with Gasteiger partial charge in [0.1, 0.15) is 5.82 Å². The van der Waals surface area contributed by atoms with Crippen LogP contribution in [0.4, 0.5) is 0 Å². The highest BCUT2D eigenvalue weighted by molar-refractivity contribution is 6.32. The van der Waals surface area contributed by atoms with E-state index in [2.05, 4.69) is 20.3 Å². The zero-order valence-electron chi connectivity index (χ0n) is 15.1. The lowest BCUT2D eigenvalue weighted by atomic mass is 9.96. The Balaban J connectivity index is 1.42. The lowest BCUT2D eigenvalue weighted by Crippen LogP contribution is -2.38. The van der Waals surface area contributed by atoms with Gasteiger partial charge in [-0.25, -0.2) is 9.67 Å². The first kappa shape index (κ1) is 17.7. The first-order valence-corrected chi connectivity index (χ1v) is 9.54. The molecule has 3 aromatic rings. The van der Waals surface area contributed by atoms with Gasteiger partial charge in [-0.2, -0.15) is 10.2 Å². The van der Waals surface area contributed by atoms with Crippen molar-refractivity contribution in [3.05, 3.63) is 58.9 Å². The molecular weight excluding hydrogens is 364 g/mol. The number of aromatic nitrogens is 5. The van der Waals surface area contributed by atoms with Crippen molar-refractivity contribution in [1.82, 2.24) is 29.9 Å². The summed E-state index contributed by atoms with van der Waals surface area (Å²) >= 11 is 6.21. The first-order valence-electron chi connectivity index (χ1n) is 9.16. The Labute approximate surface area is 162 Å². The number of para-hydroxylation sites is 1. The van der Waals surface area contributed by atoms with E-state index < -0.39 is 0 Å². The van der Waals surface area contributed by atoms with Crippen molar-refractivity contribution >= 4 is 17.5 Å². The Hall–Kier alpha value is -2.67. The van der Waals surface area contributed by atoms with Gasteiger partial charge < -0.3 is 4.90 Å². The number of nitrogens with zero attached hydrogens (tertiary/aromatic N) is 5. The first-order chi connectivity index (χ1) is 13.2. The molecule has 0 radical (unpaired) electrons. The summed E-state index contributed by atoms with van der Waals surface area (Å²) in [6, 6.07) is 9.17. The minimum atomic E-state index is -0.0523. The molecule has 1 fully saturated rings. The number of amides is 1. The number of likely N-dealkylation sites (tertiary alicyclic amines) is 1. The average molecular weight is 385 g/mol. The number of aromatic amines is 1. The number of carbonyl (C=O) groups excluding carboxylic acids is 1. The van der Waals surface area contributed by atoms with Crippen LogP contribution in [0.25, 0.3) is 5.69 Å². The molecule has 27 heavy (non-hydrogen) atoms. The van der Waals surface area contributed by atoms with Gasteiger partial charge in [-0.3, -0.25) is 9.89 Å². The van der Waals surface area contributed by atoms with E-state index in [1.165, 1.54) is 0 Å². The molecule has 1 saturated heterocycles. The second kappa shape index (κ2) is 7.52. The lowest BCUT2D eigenvalue weighted by Gasteiger charge is -2.30. The number of carbonyl (C=O) groups is 1. The quantitative estimate of drug-likeness (QED) is 0.748. The van der Waals surface area contributed by atoms with Crippen LogP contribution in [-0.4, -0.2) is 48.9 Å². The van der Waals surface area contributed by atoms with Gasteiger partial charge in [-0.1, -0.05) is 30.7 Å². The topological polar surface area (TPSA) is 79.7 Å². The highest BCUT2D eigenvalue weighted by Crippen LogP contribution is 2.26. The maximum atomic E-state index is 12.8. The maximum absolute atomic E-state index is 12.8. The summed E-state index contributed by atoms with van der Waals surface area (Å²) in [5.41, 5.74) is 1.19. The van der Waals surface area contributed by atoms with Gasteiger partial charge in [0, 0.05) is 31.6 Å². The summed E-state index contributed by atoms with van der Waals surface area (Å²) in [7, 11) is 0. The Kier molecular flexibility index (Phi) is 4.94. The maximum Gasteiger partial charge on any atom is 0.274 e. The Morgan fingerprint density at radius 2 is 2.04 bits per heavy atom. The van der Waals surface area contributed by atoms with E-state index in [-0.39, 0.29) is 5.91 Å². The Bertz CT molecular complexity index is 941. The molecule has 7 nitrogen and oxygen atoms in total. The van der Waals surface area contributed by atoms with Crippen LogP contribution in [0.3, 0.4) is 0 Å². The van der Waals surface area contributed by atoms with E-state index in [9.17, 15) is 4.79 Å². The molecule has 3 heterocycles. The van der Waals surface area contributed by atoms with Crippen LogP contribution >= 0.6 is 11.6 Å². The van der Waals surface area contributed by atoms with Crippen molar-refractivity contribution in [2.45, 2.75) is 32.1 Å². The van der Waals surface area contributed by atoms with E-state index in [1.807, 2.05) is 30.0 Å². The molecule has 1 N–H and O–H groups in total. The van der Waals surface area contributed by atoms with Crippen LogP contribution in [0.1, 0.15) is 47.8 Å². The monoisotopic (exact) mass is 384 g/mol. The highest BCUT2D eigenvalue weighted by Gasteiger charge is 2.27. The fourth-order valence-electron chi connectivity index (χ4n) is 3.36. The van der Waals surface area contributed by atoms with E-state index in [0.717, 1.165) is 36.6 Å². The molecule has 0 spiro atoms. The summed E-state index contributed by atoms with van der Waals surface area (Å²) in [6.07, 6.45) is 4.33. The predicted molar refractivity (Wildman–Crippen MR) is 102 cm³/mol. The third-order valence-electron chi connectivity index (χ3n) is 4.94. The number of aryl methyl sites for hydroxylation is 1. The second-order valence-electron chi connectivity index (χ2n) is 6.66. The molecule has 1 aliphatic heterocycles. The van der Waals surface area contributed by atoms with Crippen molar-refractivity contribution in [3.63, 3.8) is 0 Å². The average Bonchev–Trinajstić information content (AvgIpc) is 3.38. The zero-order valence-corrected chi connectivity index (χ0v) is 15.9. The molecule has 2 aromatic heterocycles. The van der Waals surface area contributed by atoms with Crippen molar-refractivity contribution < 1.29 is 4.79 Å². The largest absolute Gasteiger partial charge is 0.337 e. The number of hydrogen-bond acceptors (Lipinski definition) is 4. The van der Waals surface area contributed by atoms with E-state index in [0.29, 0.717) is 29.7 Å². The molecule has 8 heteroatoms. The van der Waals surface area contributed by atoms with Crippen molar-refractivity contribution in [1.29, 1.82) is 0 Å². The van der Waals surface area contributed by atoms with Crippen LogP contribution in [0.15, 0.2) is 36.5 Å². The normalized spacial score (nSPS) is 15.3. The molecule has 0 aliphatic carbocycles. The van der Waals surface area contributed by atoms with Gasteiger partial charge in [0.2, 0.25) is 0 Å². The molecule has 0 bridgehead atoms. The number of hydrogen-bond donors (Lipinski definition) is 1. The number of rotatable bonds is 4. The number of benzene rings is 1. The smallest absolute Gasteiger partial charge is 0.274 e. The molecule has 1 amide bonds. The molecule has 0 saturated carbocycles. The SMILES string of the molecule is CCc1nc(C2CCN(C(=O)c3ccn(-c4ccccc4Cl)n3)CC2)n[nH]1. The van der Waals surface area contributed by atoms with Crippen LogP contribution in [0.5, 0.6) is 0 Å². The van der Waals surface area contributed by atoms with Gasteiger partial charge in [-0.15, -0.1) is 0 Å². The Morgan fingerprint density at radius 3 is 2.74 bits per heavy atom. The number of piperidine rings is 1. The van der Waals surface area contributed by atoms with Crippen molar-refractivity contribution in [2.75, 3.05) is 13.1 Å². The fraction of sp³-hybridized carbons (Fsp3) is 0.368. The number of nitrogens with one attached hydrogen (secondary N) is 1. The van der Waals surface area contributed by atoms with Crippen LogP contribution < -0.4 is 0 Å². The highest BCUT2D eigenvalue weighted by atomic mass is 35.5. The summed E-state index contributed by atoms with van der Waals surface area (Å²) in [5.74, 6) is 2.02. The standard InChI is InChI=1S/C19H21ClN6O/c1-2-17-21-18(23-22-17)13-7-10-25(11-8-13)19(27)15-9-12-26(24-15)16-6-4-3-5-14(16)20/h3-6,9,12-13H,2,7-8,10-11H2,1H3,(H,21,22,23). The molecule has 0 unspecified atom stereocenters. The summed E-state index contributed by atoms with van der Waals surface area (Å²) < 4.78 is 1.64. The molecule has 0 atom stereocenters.